The van der Waals surface area contributed by atoms with Crippen LogP contribution in [0.1, 0.15) is 40.2 Å². The Morgan fingerprint density at radius 1 is 0.674 bits per heavy atom. The topological polar surface area (TPSA) is 102 Å². The molecule has 220 valence electrons. The number of nitrogens with zero attached hydrogens (tertiary/aromatic N) is 4. The van der Waals surface area contributed by atoms with Crippen molar-refractivity contribution in [2.24, 2.45) is 0 Å². The van der Waals surface area contributed by atoms with Gasteiger partial charge in [-0.3, -0.25) is 4.98 Å². The van der Waals surface area contributed by atoms with Crippen LogP contribution in [0, 0.1) is 0 Å². The maximum atomic E-state index is 6.73. The molecule has 0 fully saturated rings. The Bertz CT molecular complexity index is 2380. The molecule has 1 aliphatic heterocycles. The van der Waals surface area contributed by atoms with E-state index in [1.54, 1.807) is 6.33 Å². The number of hydrogen-bond donors (Lipinski definition) is 2. The van der Waals surface area contributed by atoms with Crippen molar-refractivity contribution in [2.75, 3.05) is 0 Å². The zero-order valence-electron chi connectivity index (χ0n) is 24.5. The second-order valence-electron chi connectivity index (χ2n) is 12.0. The third-order valence-electron chi connectivity index (χ3n) is 9.69. The van der Waals surface area contributed by atoms with Gasteiger partial charge in [0.1, 0.15) is 11.3 Å². The Hall–Kier alpha value is -6.02. The summed E-state index contributed by atoms with van der Waals surface area (Å²) in [6.07, 6.45) is 4.71. The van der Waals surface area contributed by atoms with Crippen molar-refractivity contribution in [3.8, 4) is 11.5 Å². The summed E-state index contributed by atoms with van der Waals surface area (Å²) in [5.74, 6) is 1.34. The Kier molecular flexibility index (Phi) is 5.22. The Balaban J connectivity index is 1.36. The minimum atomic E-state index is -0.959. The number of ether oxygens (including phenoxy) is 2. The van der Waals surface area contributed by atoms with Gasteiger partial charge in [0.2, 0.25) is 6.29 Å². The molecule has 0 saturated carbocycles. The van der Waals surface area contributed by atoms with Gasteiger partial charge in [0.05, 0.1) is 29.6 Å². The summed E-state index contributed by atoms with van der Waals surface area (Å²) in [4.78, 5) is 27.1. The Labute approximate surface area is 263 Å². The number of para-hydroxylation sites is 3. The first-order chi connectivity index (χ1) is 22.8. The van der Waals surface area contributed by atoms with Gasteiger partial charge in [0.15, 0.2) is 17.1 Å². The average Bonchev–Trinajstić information content (AvgIpc) is 3.90. The lowest BCUT2D eigenvalue weighted by Crippen LogP contribution is -2.46. The summed E-state index contributed by atoms with van der Waals surface area (Å²) in [5.41, 5.74) is 5.54. The Morgan fingerprint density at radius 2 is 1.41 bits per heavy atom. The van der Waals surface area contributed by atoms with E-state index >= 15 is 0 Å². The van der Waals surface area contributed by atoms with Gasteiger partial charge in [-0.25, -0.2) is 15.0 Å². The van der Waals surface area contributed by atoms with E-state index in [1.165, 1.54) is 0 Å². The maximum Gasteiger partial charge on any atom is 0.249 e. The van der Waals surface area contributed by atoms with E-state index in [4.69, 9.17) is 24.4 Å². The number of pyridine rings is 1. The molecule has 4 aromatic heterocycles. The molecular formula is C38H26N6O2. The van der Waals surface area contributed by atoms with Gasteiger partial charge in [-0.05, 0) is 52.2 Å². The van der Waals surface area contributed by atoms with Crippen molar-refractivity contribution < 1.29 is 9.47 Å². The van der Waals surface area contributed by atoms with Crippen molar-refractivity contribution >= 4 is 32.8 Å². The van der Waals surface area contributed by atoms with E-state index < -0.39 is 11.7 Å². The first-order valence-electron chi connectivity index (χ1n) is 15.4. The number of rotatable bonds is 4. The normalized spacial score (nSPS) is 20.5. The molecule has 8 aromatic rings. The lowest BCUT2D eigenvalue weighted by Gasteiger charge is -2.40. The molecule has 2 N–H and O–H groups in total. The number of imidazole rings is 1. The van der Waals surface area contributed by atoms with Crippen LogP contribution in [0.25, 0.3) is 32.8 Å². The van der Waals surface area contributed by atoms with E-state index in [0.29, 0.717) is 23.0 Å². The fourth-order valence-corrected chi connectivity index (χ4v) is 7.82. The van der Waals surface area contributed by atoms with Gasteiger partial charge in [-0.1, -0.05) is 78.9 Å². The van der Waals surface area contributed by atoms with Crippen LogP contribution < -0.4 is 9.47 Å². The van der Waals surface area contributed by atoms with Gasteiger partial charge in [0, 0.05) is 28.7 Å². The maximum absolute atomic E-state index is 6.73. The lowest BCUT2D eigenvalue weighted by atomic mass is 9.65. The molecule has 0 amide bonds. The quantitative estimate of drug-likeness (QED) is 0.219. The zero-order chi connectivity index (χ0) is 30.2. The molecular weight excluding hydrogens is 572 g/mol. The summed E-state index contributed by atoms with van der Waals surface area (Å²) in [6, 6.07) is 37.5. The summed E-state index contributed by atoms with van der Waals surface area (Å²) in [6.45, 7) is 0. The molecule has 10 rings (SSSR count). The minimum Gasteiger partial charge on any atom is -0.450 e. The van der Waals surface area contributed by atoms with Crippen molar-refractivity contribution in [2.45, 2.75) is 23.5 Å². The molecule has 3 unspecified atom stereocenters. The van der Waals surface area contributed by atoms with Crippen LogP contribution in [0.4, 0.5) is 0 Å². The number of aromatic amines is 2. The highest BCUT2D eigenvalue weighted by molar-refractivity contribution is 5.87. The summed E-state index contributed by atoms with van der Waals surface area (Å²) >= 11 is 0. The summed E-state index contributed by atoms with van der Waals surface area (Å²) < 4.78 is 13.5. The van der Waals surface area contributed by atoms with Crippen LogP contribution in [0.2, 0.25) is 0 Å². The van der Waals surface area contributed by atoms with Crippen LogP contribution in [-0.2, 0) is 5.41 Å². The van der Waals surface area contributed by atoms with Crippen molar-refractivity contribution in [3.63, 3.8) is 0 Å². The highest BCUT2D eigenvalue weighted by Crippen LogP contribution is 2.64. The van der Waals surface area contributed by atoms with E-state index in [-0.39, 0.29) is 11.8 Å². The molecule has 0 bridgehead atoms. The Morgan fingerprint density at radius 3 is 2.26 bits per heavy atom. The van der Waals surface area contributed by atoms with Gasteiger partial charge in [-0.2, -0.15) is 0 Å². The third-order valence-corrected chi connectivity index (χ3v) is 9.69. The van der Waals surface area contributed by atoms with E-state index in [0.717, 1.165) is 49.7 Å². The number of H-pyrrole nitrogens is 2. The lowest BCUT2D eigenvalue weighted by molar-refractivity contribution is 0.00411. The molecule has 4 aromatic carbocycles. The molecule has 1 aliphatic carbocycles. The minimum absolute atomic E-state index is 0.319. The van der Waals surface area contributed by atoms with Crippen LogP contribution in [0.3, 0.4) is 0 Å². The predicted octanol–water partition coefficient (Wildman–Crippen LogP) is 7.40. The molecule has 8 nitrogen and oxygen atoms in total. The van der Waals surface area contributed by atoms with Gasteiger partial charge in [0.25, 0.3) is 0 Å². The molecule has 46 heavy (non-hydrogen) atoms. The molecule has 0 radical (unpaired) electrons. The smallest absolute Gasteiger partial charge is 0.249 e. The fourth-order valence-electron chi connectivity index (χ4n) is 7.82. The first-order valence-corrected chi connectivity index (χ1v) is 15.4. The first kappa shape index (κ1) is 25.3. The second-order valence-corrected chi connectivity index (χ2v) is 12.0. The van der Waals surface area contributed by atoms with E-state index in [1.807, 2.05) is 42.7 Å². The van der Waals surface area contributed by atoms with E-state index in [2.05, 4.69) is 93.8 Å². The third kappa shape index (κ3) is 3.43. The van der Waals surface area contributed by atoms with Gasteiger partial charge in [-0.15, -0.1) is 0 Å². The molecule has 3 atom stereocenters. The van der Waals surface area contributed by atoms with Crippen molar-refractivity contribution in [3.05, 3.63) is 156 Å². The molecule has 0 spiro atoms. The number of aromatic nitrogens is 6. The van der Waals surface area contributed by atoms with Crippen molar-refractivity contribution in [1.29, 1.82) is 0 Å². The summed E-state index contributed by atoms with van der Waals surface area (Å²) in [5, 5.41) is 3.28. The summed E-state index contributed by atoms with van der Waals surface area (Å²) in [7, 11) is 0. The van der Waals surface area contributed by atoms with Crippen molar-refractivity contribution in [1.82, 2.24) is 29.9 Å². The molecule has 2 aliphatic rings. The SMILES string of the molecule is c1ccc2c(c1)OC(C1c3ccccc3C(c3nccc4ccccc34)C1(c1ncc3[nH]cnc3n1)c1cc3ccccc3[nH]1)O2. The molecule has 5 heterocycles. The number of fused-ring (bicyclic) bond motifs is 5. The average molecular weight is 599 g/mol. The number of hydrogen-bond acceptors (Lipinski definition) is 6. The number of benzene rings is 4. The number of nitrogens with one attached hydrogen (secondary N) is 2. The van der Waals surface area contributed by atoms with Crippen LogP contribution in [0.15, 0.2) is 128 Å². The second kappa shape index (κ2) is 9.49. The largest absolute Gasteiger partial charge is 0.450 e. The standard InChI is InChI=1S/C38H26N6O2/c1-3-11-24-22(9-1)17-18-39-34(24)32-25-12-4-5-13-26(25)33(36-45-29-15-7-8-16-30(29)46-36)38(32,31-19-23-10-2-6-14-27(23)43-31)37-40-20-28-35(44-37)42-21-41-28/h1-21,32-33,36,43H,(H,40,41,42,44). The van der Waals surface area contributed by atoms with E-state index in [9.17, 15) is 0 Å². The predicted molar refractivity (Wildman–Crippen MR) is 175 cm³/mol. The van der Waals surface area contributed by atoms with Gasteiger partial charge < -0.3 is 19.4 Å². The van der Waals surface area contributed by atoms with Gasteiger partial charge >= 0.3 is 0 Å². The molecule has 0 saturated heterocycles. The van der Waals surface area contributed by atoms with Crippen LogP contribution in [0.5, 0.6) is 11.5 Å². The highest BCUT2D eigenvalue weighted by Gasteiger charge is 2.64. The molecule has 8 heteroatoms. The zero-order valence-corrected chi connectivity index (χ0v) is 24.5. The monoisotopic (exact) mass is 598 g/mol. The van der Waals surface area contributed by atoms with Crippen LogP contribution >= 0.6 is 0 Å². The van der Waals surface area contributed by atoms with Crippen LogP contribution in [-0.4, -0.2) is 36.2 Å². The fraction of sp³-hybridized carbons (Fsp3) is 0.105. The highest BCUT2D eigenvalue weighted by atomic mass is 16.7.